The fourth-order valence-electron chi connectivity index (χ4n) is 3.48. The van der Waals surface area contributed by atoms with Crippen molar-refractivity contribution < 1.29 is 24.2 Å². The summed E-state index contributed by atoms with van der Waals surface area (Å²) in [6.07, 6.45) is 6.90. The molecule has 0 spiro atoms. The number of nitrogens with one attached hydrogen (secondary N) is 2. The second-order valence-electron chi connectivity index (χ2n) is 7.42. The topological polar surface area (TPSA) is 113 Å². The number of ether oxygens (including phenoxy) is 2. The van der Waals surface area contributed by atoms with E-state index >= 15 is 0 Å². The number of nitrogens with zero attached hydrogens (tertiary/aromatic N) is 2. The molecule has 2 amide bonds. The van der Waals surface area contributed by atoms with Crippen molar-refractivity contribution in [3.05, 3.63) is 42.2 Å². The van der Waals surface area contributed by atoms with E-state index in [1.54, 1.807) is 24.5 Å². The first kappa shape index (κ1) is 22.4. The Hall–Kier alpha value is -2.33. The molecule has 0 saturated carbocycles. The number of carbonyl (C=O) groups excluding carboxylic acids is 2. The van der Waals surface area contributed by atoms with Crippen LogP contribution in [0, 0.1) is 0 Å². The van der Waals surface area contributed by atoms with Crippen LogP contribution < -0.4 is 10.6 Å². The van der Waals surface area contributed by atoms with Crippen molar-refractivity contribution in [2.24, 2.45) is 0 Å². The molecular formula is C21H30N4O5. The molecule has 30 heavy (non-hydrogen) atoms. The van der Waals surface area contributed by atoms with Crippen molar-refractivity contribution in [1.82, 2.24) is 20.5 Å². The maximum Gasteiger partial charge on any atom is 0.234 e. The molecule has 1 fully saturated rings. The first-order valence-electron chi connectivity index (χ1n) is 10.3. The van der Waals surface area contributed by atoms with Crippen LogP contribution in [-0.4, -0.2) is 91.1 Å². The first-order chi connectivity index (χ1) is 14.6. The number of morpholine rings is 1. The molecule has 2 aliphatic rings. The molecule has 1 saturated heterocycles. The third kappa shape index (κ3) is 7.17. The number of hydrogen-bond acceptors (Lipinski definition) is 7. The number of aliphatic hydroxyl groups is 1. The quantitative estimate of drug-likeness (QED) is 0.453. The second-order valence-corrected chi connectivity index (χ2v) is 7.42. The van der Waals surface area contributed by atoms with E-state index in [-0.39, 0.29) is 31.4 Å². The fourth-order valence-corrected chi connectivity index (χ4v) is 3.48. The Labute approximate surface area is 176 Å². The predicted octanol–water partition coefficient (Wildman–Crippen LogP) is -0.737. The molecule has 0 aromatic carbocycles. The molecule has 3 atom stereocenters. The minimum Gasteiger partial charge on any atom is -0.394 e. The second kappa shape index (κ2) is 11.8. The molecule has 0 radical (unpaired) electrons. The smallest absolute Gasteiger partial charge is 0.234 e. The standard InChI is InChI=1S/C21H30N4O5/c26-15-19-18(24-21(28)14-25-9-11-29-12-10-25)2-1-17(30-19)13-20(27)23-8-5-16-3-6-22-7-4-16/h1-4,6-7,17-19,26H,5,8-15H2,(H,23,27)(H,24,28)/t17-,18-,19+/m0/s1. The van der Waals surface area contributed by atoms with Crippen LogP contribution in [0.2, 0.25) is 0 Å². The largest absolute Gasteiger partial charge is 0.394 e. The zero-order chi connectivity index (χ0) is 21.2. The number of amides is 2. The van der Waals surface area contributed by atoms with Gasteiger partial charge in [-0.2, -0.15) is 0 Å². The van der Waals surface area contributed by atoms with E-state index in [1.807, 2.05) is 17.0 Å². The molecule has 0 aliphatic carbocycles. The summed E-state index contributed by atoms with van der Waals surface area (Å²) in [6.45, 7) is 3.29. The van der Waals surface area contributed by atoms with Gasteiger partial charge in [-0.15, -0.1) is 0 Å². The Morgan fingerprint density at radius 1 is 1.17 bits per heavy atom. The van der Waals surface area contributed by atoms with Crippen LogP contribution in [0.3, 0.4) is 0 Å². The minimum absolute atomic E-state index is 0.120. The van der Waals surface area contributed by atoms with Crippen LogP contribution in [0.15, 0.2) is 36.7 Å². The molecule has 0 bridgehead atoms. The number of hydrogen-bond donors (Lipinski definition) is 3. The lowest BCUT2D eigenvalue weighted by molar-refractivity contribution is -0.129. The zero-order valence-electron chi connectivity index (χ0n) is 17.0. The highest BCUT2D eigenvalue weighted by molar-refractivity contribution is 5.79. The average molecular weight is 418 g/mol. The summed E-state index contributed by atoms with van der Waals surface area (Å²) < 4.78 is 11.1. The van der Waals surface area contributed by atoms with Crippen molar-refractivity contribution in [2.45, 2.75) is 31.1 Å². The highest BCUT2D eigenvalue weighted by Gasteiger charge is 2.29. The van der Waals surface area contributed by atoms with Gasteiger partial charge in [0, 0.05) is 32.0 Å². The fraction of sp³-hybridized carbons (Fsp3) is 0.571. The van der Waals surface area contributed by atoms with Crippen LogP contribution >= 0.6 is 0 Å². The maximum absolute atomic E-state index is 12.3. The monoisotopic (exact) mass is 418 g/mol. The molecule has 1 aromatic heterocycles. The number of pyridine rings is 1. The average Bonchev–Trinajstić information content (AvgIpc) is 2.76. The van der Waals surface area contributed by atoms with Crippen molar-refractivity contribution in [3.8, 4) is 0 Å². The van der Waals surface area contributed by atoms with E-state index in [2.05, 4.69) is 15.6 Å². The summed E-state index contributed by atoms with van der Waals surface area (Å²) >= 11 is 0. The lowest BCUT2D eigenvalue weighted by Crippen LogP contribution is -2.52. The lowest BCUT2D eigenvalue weighted by Gasteiger charge is -2.32. The summed E-state index contributed by atoms with van der Waals surface area (Å²) in [4.78, 5) is 30.5. The molecule has 164 valence electrons. The SMILES string of the molecule is O=C(C[C@@H]1C=C[C@H](NC(=O)CN2CCOCC2)[C@@H](CO)O1)NCCc1ccncc1. The zero-order valence-corrected chi connectivity index (χ0v) is 17.0. The highest BCUT2D eigenvalue weighted by Crippen LogP contribution is 2.16. The van der Waals surface area contributed by atoms with E-state index in [0.717, 1.165) is 25.1 Å². The van der Waals surface area contributed by atoms with Gasteiger partial charge in [-0.1, -0.05) is 12.2 Å². The first-order valence-corrected chi connectivity index (χ1v) is 10.3. The minimum atomic E-state index is -0.585. The maximum atomic E-state index is 12.3. The van der Waals surface area contributed by atoms with Gasteiger partial charge in [-0.25, -0.2) is 0 Å². The molecule has 1 aromatic rings. The van der Waals surface area contributed by atoms with Gasteiger partial charge in [-0.3, -0.25) is 19.5 Å². The third-order valence-electron chi connectivity index (χ3n) is 5.13. The summed E-state index contributed by atoms with van der Waals surface area (Å²) in [5.74, 6) is -0.244. The Morgan fingerprint density at radius 3 is 2.67 bits per heavy atom. The number of carbonyl (C=O) groups is 2. The molecule has 3 heterocycles. The van der Waals surface area contributed by atoms with Gasteiger partial charge in [-0.05, 0) is 24.1 Å². The van der Waals surface area contributed by atoms with Gasteiger partial charge in [0.1, 0.15) is 6.10 Å². The summed E-state index contributed by atoms with van der Waals surface area (Å²) in [5.41, 5.74) is 1.11. The lowest BCUT2D eigenvalue weighted by atomic mass is 10.0. The molecule has 3 rings (SSSR count). The van der Waals surface area contributed by atoms with Gasteiger partial charge in [0.25, 0.3) is 0 Å². The van der Waals surface area contributed by atoms with Crippen molar-refractivity contribution in [1.29, 1.82) is 0 Å². The number of rotatable bonds is 9. The van der Waals surface area contributed by atoms with Crippen LogP contribution in [0.25, 0.3) is 0 Å². The van der Waals surface area contributed by atoms with E-state index < -0.39 is 18.2 Å². The molecule has 9 heteroatoms. The van der Waals surface area contributed by atoms with Crippen molar-refractivity contribution in [2.75, 3.05) is 46.0 Å². The summed E-state index contributed by atoms with van der Waals surface area (Å²) in [7, 11) is 0. The Morgan fingerprint density at radius 2 is 1.93 bits per heavy atom. The van der Waals surface area contributed by atoms with Gasteiger partial charge in [0.15, 0.2) is 0 Å². The van der Waals surface area contributed by atoms with Gasteiger partial charge < -0.3 is 25.2 Å². The van der Waals surface area contributed by atoms with E-state index in [1.165, 1.54) is 0 Å². The number of aliphatic hydroxyl groups excluding tert-OH is 1. The van der Waals surface area contributed by atoms with Crippen LogP contribution in [0.4, 0.5) is 0 Å². The van der Waals surface area contributed by atoms with E-state index in [9.17, 15) is 14.7 Å². The normalized spacial score (nSPS) is 24.4. The Bertz CT molecular complexity index is 709. The van der Waals surface area contributed by atoms with Crippen LogP contribution in [0.1, 0.15) is 12.0 Å². The van der Waals surface area contributed by atoms with E-state index in [0.29, 0.717) is 19.8 Å². The predicted molar refractivity (Wildman–Crippen MR) is 110 cm³/mol. The number of aromatic nitrogens is 1. The molecule has 3 N–H and O–H groups in total. The third-order valence-corrected chi connectivity index (χ3v) is 5.13. The molecular weight excluding hydrogens is 388 g/mol. The van der Waals surface area contributed by atoms with Crippen LogP contribution in [-0.2, 0) is 25.5 Å². The summed E-state index contributed by atoms with van der Waals surface area (Å²) in [5, 5.41) is 15.4. The molecule has 0 unspecified atom stereocenters. The van der Waals surface area contributed by atoms with E-state index in [4.69, 9.17) is 9.47 Å². The summed E-state index contributed by atoms with van der Waals surface area (Å²) in [6, 6.07) is 3.41. The van der Waals surface area contributed by atoms with Gasteiger partial charge in [0.05, 0.1) is 44.9 Å². The molecule has 2 aliphatic heterocycles. The van der Waals surface area contributed by atoms with Crippen molar-refractivity contribution >= 4 is 11.8 Å². The van der Waals surface area contributed by atoms with Crippen LogP contribution in [0.5, 0.6) is 0 Å². The van der Waals surface area contributed by atoms with Gasteiger partial charge in [0.2, 0.25) is 11.8 Å². The molecule has 9 nitrogen and oxygen atoms in total. The Kier molecular flexibility index (Phi) is 8.76. The van der Waals surface area contributed by atoms with Crippen molar-refractivity contribution in [3.63, 3.8) is 0 Å². The van der Waals surface area contributed by atoms with Gasteiger partial charge >= 0.3 is 0 Å². The highest BCUT2D eigenvalue weighted by atomic mass is 16.5. The Balaban J connectivity index is 1.41.